The second-order valence-electron chi connectivity index (χ2n) is 9.54. The van der Waals surface area contributed by atoms with E-state index in [9.17, 15) is 26.7 Å². The van der Waals surface area contributed by atoms with E-state index in [-0.39, 0.29) is 12.3 Å². The number of aryl methyl sites for hydroxylation is 3. The molecule has 1 aromatic heterocycles. The zero-order valence-corrected chi connectivity index (χ0v) is 24.7. The van der Waals surface area contributed by atoms with Gasteiger partial charge >= 0.3 is 18.1 Å². The van der Waals surface area contributed by atoms with Gasteiger partial charge in [-0.25, -0.2) is 9.10 Å². The number of carbonyl (C=O) groups is 1. The molecule has 4 rings (SSSR count). The van der Waals surface area contributed by atoms with Crippen molar-refractivity contribution < 1.29 is 36.3 Å². The van der Waals surface area contributed by atoms with Crippen molar-refractivity contribution in [2.45, 2.75) is 64.7 Å². The summed E-state index contributed by atoms with van der Waals surface area (Å²) < 4.78 is 74.3. The Hall–Kier alpha value is -3.63. The number of nitrogens with zero attached hydrogens (tertiary/aromatic N) is 1. The standard InChI is InChI=1S/C30H26F5NO3S.C2H6/c1-18-13-19(2)27(20(3)14-18)40-36(17-25-11-12-26(39-25)30(33,34)35)16-21-7-9-22(10-8-21)23-5-4-6-24(15-23)29(31,32)28(37)38;1-2/h4-15H,16-17H2,1-3H3,(H,37,38);1-2H3. The molecule has 0 bridgehead atoms. The van der Waals surface area contributed by atoms with Gasteiger partial charge in [-0.3, -0.25) is 0 Å². The van der Waals surface area contributed by atoms with E-state index in [1.807, 2.05) is 51.1 Å². The molecule has 0 aliphatic carbocycles. The van der Waals surface area contributed by atoms with Gasteiger partial charge in [-0.2, -0.15) is 22.0 Å². The van der Waals surface area contributed by atoms with Gasteiger partial charge < -0.3 is 9.52 Å². The summed E-state index contributed by atoms with van der Waals surface area (Å²) in [6, 6.07) is 18.5. The number of rotatable bonds is 9. The van der Waals surface area contributed by atoms with E-state index in [4.69, 9.17) is 9.52 Å². The lowest BCUT2D eigenvalue weighted by Crippen LogP contribution is -2.25. The minimum atomic E-state index is -4.58. The molecule has 4 aromatic rings. The lowest BCUT2D eigenvalue weighted by atomic mass is 9.99. The quantitative estimate of drug-likeness (QED) is 0.152. The first-order valence-electron chi connectivity index (χ1n) is 13.2. The molecule has 0 atom stereocenters. The van der Waals surface area contributed by atoms with Crippen LogP contribution in [0.4, 0.5) is 22.0 Å². The van der Waals surface area contributed by atoms with Gasteiger partial charge in [-0.15, -0.1) is 0 Å². The van der Waals surface area contributed by atoms with Crippen LogP contribution in [0.25, 0.3) is 11.1 Å². The van der Waals surface area contributed by atoms with Crippen LogP contribution in [-0.4, -0.2) is 15.4 Å². The number of benzene rings is 3. The molecule has 0 amide bonds. The van der Waals surface area contributed by atoms with Gasteiger partial charge in [0.15, 0.2) is 0 Å². The molecule has 42 heavy (non-hydrogen) atoms. The molecule has 1 N–H and O–H groups in total. The average molecular weight is 606 g/mol. The predicted octanol–water partition coefficient (Wildman–Crippen LogP) is 9.80. The summed E-state index contributed by atoms with van der Waals surface area (Å²) in [5.41, 5.74) is 4.42. The molecular weight excluding hydrogens is 573 g/mol. The average Bonchev–Trinajstić information content (AvgIpc) is 3.41. The molecule has 0 saturated heterocycles. The van der Waals surface area contributed by atoms with Crippen LogP contribution in [0, 0.1) is 20.8 Å². The summed E-state index contributed by atoms with van der Waals surface area (Å²) in [4.78, 5) is 12.0. The largest absolute Gasteiger partial charge is 0.477 e. The van der Waals surface area contributed by atoms with Crippen LogP contribution >= 0.6 is 11.9 Å². The molecule has 224 valence electrons. The number of alkyl halides is 5. The van der Waals surface area contributed by atoms with Gasteiger partial charge in [0.1, 0.15) is 5.76 Å². The SMILES string of the molecule is CC.Cc1cc(C)c(SN(Cc2ccc(-c3cccc(C(F)(F)C(=O)O)c3)cc2)Cc2ccc(C(F)(F)F)o2)c(C)c1. The first-order valence-corrected chi connectivity index (χ1v) is 14.0. The second kappa shape index (κ2) is 13.6. The van der Waals surface area contributed by atoms with Gasteiger partial charge in [0, 0.05) is 17.0 Å². The number of furan rings is 1. The normalized spacial score (nSPS) is 11.8. The summed E-state index contributed by atoms with van der Waals surface area (Å²) in [6.45, 7) is 10.4. The third-order valence-electron chi connectivity index (χ3n) is 6.24. The third-order valence-corrected chi connectivity index (χ3v) is 7.58. The van der Waals surface area contributed by atoms with E-state index < -0.39 is 29.4 Å². The van der Waals surface area contributed by atoms with Crippen molar-refractivity contribution in [3.63, 3.8) is 0 Å². The summed E-state index contributed by atoms with van der Waals surface area (Å²) in [5, 5.41) is 8.86. The summed E-state index contributed by atoms with van der Waals surface area (Å²) in [6.07, 6.45) is -4.58. The molecular formula is C32H32F5NO3S. The molecule has 0 saturated carbocycles. The lowest BCUT2D eigenvalue weighted by Gasteiger charge is -2.23. The number of carboxylic acids is 1. The first-order chi connectivity index (χ1) is 19.7. The topological polar surface area (TPSA) is 53.7 Å². The number of halogens is 5. The third kappa shape index (κ3) is 8.01. The van der Waals surface area contributed by atoms with Crippen molar-refractivity contribution in [3.8, 4) is 11.1 Å². The van der Waals surface area contributed by atoms with E-state index in [1.165, 1.54) is 24.1 Å². The Labute approximate surface area is 246 Å². The number of carboxylic acid groups (broad SMARTS) is 1. The molecule has 4 nitrogen and oxygen atoms in total. The Morgan fingerprint density at radius 2 is 1.45 bits per heavy atom. The van der Waals surface area contributed by atoms with Crippen LogP contribution in [-0.2, 0) is 30.0 Å². The van der Waals surface area contributed by atoms with E-state index in [0.29, 0.717) is 17.7 Å². The van der Waals surface area contributed by atoms with Crippen LogP contribution in [0.2, 0.25) is 0 Å². The summed E-state index contributed by atoms with van der Waals surface area (Å²) in [5.74, 6) is -7.14. The highest BCUT2D eigenvalue weighted by Crippen LogP contribution is 2.36. The monoisotopic (exact) mass is 605 g/mol. The molecule has 0 radical (unpaired) electrons. The molecule has 1 heterocycles. The first kappa shape index (κ1) is 32.9. The maximum atomic E-state index is 14.0. The van der Waals surface area contributed by atoms with Crippen molar-refractivity contribution in [1.29, 1.82) is 0 Å². The zero-order chi connectivity index (χ0) is 31.2. The zero-order valence-electron chi connectivity index (χ0n) is 23.9. The number of hydrogen-bond acceptors (Lipinski definition) is 4. The lowest BCUT2D eigenvalue weighted by molar-refractivity contribution is -0.166. The number of aliphatic carboxylic acids is 1. The maximum absolute atomic E-state index is 14.0. The van der Waals surface area contributed by atoms with E-state index >= 15 is 0 Å². The Bertz CT molecular complexity index is 1490. The second-order valence-corrected chi connectivity index (χ2v) is 10.6. The van der Waals surface area contributed by atoms with Crippen molar-refractivity contribution in [1.82, 2.24) is 4.31 Å². The van der Waals surface area contributed by atoms with Gasteiger partial charge in [0.05, 0.1) is 6.54 Å². The Balaban J connectivity index is 0.00000237. The minimum Gasteiger partial charge on any atom is -0.477 e. The smallest absolute Gasteiger partial charge is 0.449 e. The molecule has 0 fully saturated rings. The molecule has 3 aromatic carbocycles. The van der Waals surface area contributed by atoms with Crippen LogP contribution in [0.3, 0.4) is 0 Å². The summed E-state index contributed by atoms with van der Waals surface area (Å²) >= 11 is 1.42. The minimum absolute atomic E-state index is 0.0988. The van der Waals surface area contributed by atoms with Crippen molar-refractivity contribution >= 4 is 17.9 Å². The fourth-order valence-corrected chi connectivity index (χ4v) is 5.44. The Morgan fingerprint density at radius 3 is 2.00 bits per heavy atom. The van der Waals surface area contributed by atoms with Gasteiger partial charge in [-0.05, 0) is 78.7 Å². The van der Waals surface area contributed by atoms with Gasteiger partial charge in [-0.1, -0.05) is 74.0 Å². The molecule has 0 spiro atoms. The number of hydrogen-bond donors (Lipinski definition) is 1. The molecule has 0 unspecified atom stereocenters. The fourth-order valence-electron chi connectivity index (χ4n) is 4.37. The van der Waals surface area contributed by atoms with E-state index in [1.54, 1.807) is 30.3 Å². The highest BCUT2D eigenvalue weighted by molar-refractivity contribution is 7.97. The van der Waals surface area contributed by atoms with Crippen LogP contribution < -0.4 is 0 Å². The van der Waals surface area contributed by atoms with Crippen LogP contribution in [0.15, 0.2) is 82.1 Å². The highest BCUT2D eigenvalue weighted by Gasteiger charge is 2.41. The van der Waals surface area contributed by atoms with E-state index in [0.717, 1.165) is 45.3 Å². The van der Waals surface area contributed by atoms with E-state index in [2.05, 4.69) is 0 Å². The predicted molar refractivity (Wildman–Crippen MR) is 154 cm³/mol. The molecule has 0 aliphatic heterocycles. The summed E-state index contributed by atoms with van der Waals surface area (Å²) in [7, 11) is 0. The fraction of sp³-hybridized carbons (Fsp3) is 0.281. The molecule has 0 aliphatic rings. The van der Waals surface area contributed by atoms with Crippen LogP contribution in [0.1, 0.15) is 53.2 Å². The Kier molecular flexibility index (Phi) is 10.6. The maximum Gasteiger partial charge on any atom is 0.449 e. The highest BCUT2D eigenvalue weighted by atomic mass is 32.2. The van der Waals surface area contributed by atoms with Gasteiger partial charge in [0.25, 0.3) is 0 Å². The van der Waals surface area contributed by atoms with Crippen molar-refractivity contribution in [2.24, 2.45) is 0 Å². The Morgan fingerprint density at radius 1 is 0.833 bits per heavy atom. The van der Waals surface area contributed by atoms with Gasteiger partial charge in [0.2, 0.25) is 5.76 Å². The molecule has 10 heteroatoms. The van der Waals surface area contributed by atoms with Crippen LogP contribution in [0.5, 0.6) is 0 Å². The van der Waals surface area contributed by atoms with Crippen molar-refractivity contribution in [2.75, 3.05) is 0 Å². The van der Waals surface area contributed by atoms with Crippen molar-refractivity contribution in [3.05, 3.63) is 112 Å².